The number of rotatable bonds is 5. The van der Waals surface area contributed by atoms with Crippen molar-refractivity contribution in [3.8, 4) is 6.07 Å². The molecule has 1 aliphatic rings. The summed E-state index contributed by atoms with van der Waals surface area (Å²) in [6, 6.07) is 3.30. The van der Waals surface area contributed by atoms with Gasteiger partial charge in [0.15, 0.2) is 8.32 Å². The largest absolute Gasteiger partial charge is 0.462 e. The van der Waals surface area contributed by atoms with Crippen LogP contribution in [-0.2, 0) is 18.7 Å². The van der Waals surface area contributed by atoms with Gasteiger partial charge >= 0.3 is 11.7 Å². The van der Waals surface area contributed by atoms with Crippen molar-refractivity contribution in [2.75, 3.05) is 6.61 Å². The van der Waals surface area contributed by atoms with Crippen LogP contribution in [0.3, 0.4) is 0 Å². The molecule has 1 aromatic rings. The highest BCUT2D eigenvalue weighted by Crippen LogP contribution is 2.44. The van der Waals surface area contributed by atoms with Crippen LogP contribution in [0.2, 0.25) is 18.1 Å². The first kappa shape index (κ1) is 22.1. The summed E-state index contributed by atoms with van der Waals surface area (Å²) in [6.45, 7) is 11.2. The molecule has 1 aliphatic heterocycles. The smallest absolute Gasteiger partial charge is 0.330 e. The second kappa shape index (κ2) is 7.65. The molecule has 0 radical (unpaired) electrons. The minimum Gasteiger partial charge on any atom is -0.462 e. The van der Waals surface area contributed by atoms with Gasteiger partial charge in [-0.2, -0.15) is 5.26 Å². The first-order chi connectivity index (χ1) is 12.8. The van der Waals surface area contributed by atoms with Crippen molar-refractivity contribution in [2.24, 2.45) is 0 Å². The summed E-state index contributed by atoms with van der Waals surface area (Å²) in [5.41, 5.74) is -2.73. The van der Waals surface area contributed by atoms with E-state index in [2.05, 4.69) is 31.8 Å². The summed E-state index contributed by atoms with van der Waals surface area (Å²) in [5, 5.41) is 9.78. The first-order valence-electron chi connectivity index (χ1n) is 9.03. The third kappa shape index (κ3) is 4.43. The van der Waals surface area contributed by atoms with Crippen LogP contribution >= 0.6 is 0 Å². The van der Waals surface area contributed by atoms with E-state index in [0.717, 1.165) is 0 Å². The fraction of sp³-hybridized carbons (Fsp3) is 0.667. The molecule has 28 heavy (non-hydrogen) atoms. The minimum atomic E-state index is -2.30. The number of aromatic nitrogens is 2. The van der Waals surface area contributed by atoms with Gasteiger partial charge in [-0.3, -0.25) is 19.1 Å². The number of hydrogen-bond acceptors (Lipinski definition) is 7. The van der Waals surface area contributed by atoms with E-state index in [1.54, 1.807) is 0 Å². The second-order valence-electron chi connectivity index (χ2n) is 8.47. The number of ether oxygens (including phenoxy) is 2. The molecule has 1 fully saturated rings. The monoisotopic (exact) mass is 409 g/mol. The van der Waals surface area contributed by atoms with Crippen LogP contribution in [0, 0.1) is 11.3 Å². The summed E-state index contributed by atoms with van der Waals surface area (Å²) in [6.07, 6.45) is -0.0298. The summed E-state index contributed by atoms with van der Waals surface area (Å²) in [5.74, 6) is -0.547. The number of nitrogens with zero attached hydrogens (tertiary/aromatic N) is 2. The van der Waals surface area contributed by atoms with E-state index in [1.807, 2.05) is 13.1 Å². The van der Waals surface area contributed by atoms with E-state index < -0.39 is 43.5 Å². The highest BCUT2D eigenvalue weighted by Gasteiger charge is 2.55. The molecule has 1 aromatic heterocycles. The van der Waals surface area contributed by atoms with Crippen molar-refractivity contribution in [3.05, 3.63) is 33.1 Å². The highest BCUT2D eigenvalue weighted by atomic mass is 28.4. The molecular weight excluding hydrogens is 382 g/mol. The zero-order valence-corrected chi connectivity index (χ0v) is 18.1. The molecule has 1 saturated heterocycles. The van der Waals surface area contributed by atoms with Crippen LogP contribution in [0.15, 0.2) is 21.9 Å². The number of H-pyrrole nitrogens is 1. The van der Waals surface area contributed by atoms with Crippen LogP contribution in [-0.4, -0.2) is 42.1 Å². The van der Waals surface area contributed by atoms with E-state index in [1.165, 1.54) is 23.8 Å². The Morgan fingerprint density at radius 3 is 2.61 bits per heavy atom. The lowest BCUT2D eigenvalue weighted by atomic mass is 10.00. The van der Waals surface area contributed by atoms with Crippen molar-refractivity contribution < 1.29 is 18.7 Å². The Bertz CT molecular complexity index is 894. The van der Waals surface area contributed by atoms with Crippen molar-refractivity contribution >= 4 is 14.3 Å². The van der Waals surface area contributed by atoms with E-state index >= 15 is 0 Å². The van der Waals surface area contributed by atoms with E-state index in [4.69, 9.17) is 13.9 Å². The van der Waals surface area contributed by atoms with Crippen molar-refractivity contribution in [1.82, 2.24) is 9.55 Å². The average Bonchev–Trinajstić information content (AvgIpc) is 2.90. The number of esters is 1. The molecule has 2 rings (SSSR count). The number of carbonyl (C=O) groups is 1. The Morgan fingerprint density at radius 2 is 2.11 bits per heavy atom. The predicted molar refractivity (Wildman–Crippen MR) is 103 cm³/mol. The Labute approximate surface area is 164 Å². The molecule has 0 amide bonds. The summed E-state index contributed by atoms with van der Waals surface area (Å²) in [7, 11) is -2.30. The molecule has 9 nitrogen and oxygen atoms in total. The molecule has 0 bridgehead atoms. The molecule has 2 heterocycles. The van der Waals surface area contributed by atoms with Crippen LogP contribution in [0.1, 0.15) is 40.3 Å². The second-order valence-corrected chi connectivity index (χ2v) is 13.2. The van der Waals surface area contributed by atoms with Gasteiger partial charge in [0.1, 0.15) is 18.9 Å². The molecule has 0 spiro atoms. The Kier molecular flexibility index (Phi) is 6.03. The lowest BCUT2D eigenvalue weighted by Crippen LogP contribution is -2.52. The number of nitrogens with one attached hydrogen (secondary N) is 1. The molecule has 0 aromatic carbocycles. The molecule has 0 aliphatic carbocycles. The lowest BCUT2D eigenvalue weighted by molar-refractivity contribution is -0.153. The summed E-state index contributed by atoms with van der Waals surface area (Å²) in [4.78, 5) is 37.0. The zero-order valence-electron chi connectivity index (χ0n) is 17.1. The lowest BCUT2D eigenvalue weighted by Gasteiger charge is -2.40. The van der Waals surface area contributed by atoms with Gasteiger partial charge in [0.05, 0.1) is 6.10 Å². The molecule has 154 valence electrons. The molecular formula is C18H27N3O6Si. The van der Waals surface area contributed by atoms with Crippen LogP contribution < -0.4 is 11.2 Å². The molecule has 10 heteroatoms. The normalized spacial score (nSPS) is 25.3. The van der Waals surface area contributed by atoms with E-state index in [0.29, 0.717) is 0 Å². The number of carbonyl (C=O) groups excluding carboxylic acids is 1. The van der Waals surface area contributed by atoms with Crippen LogP contribution in [0.4, 0.5) is 0 Å². The highest BCUT2D eigenvalue weighted by molar-refractivity contribution is 6.74. The Hall–Kier alpha value is -2.22. The van der Waals surface area contributed by atoms with Gasteiger partial charge in [0.25, 0.3) is 5.56 Å². The maximum absolute atomic E-state index is 12.2. The summed E-state index contributed by atoms with van der Waals surface area (Å²) >= 11 is 0. The molecule has 0 saturated carbocycles. The van der Waals surface area contributed by atoms with Gasteiger partial charge in [0.2, 0.25) is 5.60 Å². The fourth-order valence-electron chi connectivity index (χ4n) is 2.71. The van der Waals surface area contributed by atoms with Gasteiger partial charge in [-0.05, 0) is 18.1 Å². The average molecular weight is 410 g/mol. The van der Waals surface area contributed by atoms with Gasteiger partial charge < -0.3 is 13.9 Å². The SMILES string of the molecule is CC(=O)OC[C@]1(C#N)O[C@H](n2ccc(=O)[nH]c2=O)CC1O[Si](C)(C)C(C)(C)C. The van der Waals surface area contributed by atoms with Gasteiger partial charge in [-0.15, -0.1) is 0 Å². The standard InChI is InChI=1S/C18H27N3O6Si/c1-12(22)25-11-18(10-19)13(27-28(5,6)17(2,3)4)9-15(26-18)21-8-7-14(23)20-16(21)24/h7-8,13,15H,9,11H2,1-6H3,(H,20,23,24)/t13?,15-,18-/m0/s1. The van der Waals surface area contributed by atoms with E-state index in [-0.39, 0.29) is 18.1 Å². The number of nitriles is 1. The summed E-state index contributed by atoms with van der Waals surface area (Å²) < 4.78 is 18.6. The minimum absolute atomic E-state index is 0.122. The Morgan fingerprint density at radius 1 is 1.46 bits per heavy atom. The zero-order chi connectivity index (χ0) is 21.3. The van der Waals surface area contributed by atoms with Crippen molar-refractivity contribution in [3.63, 3.8) is 0 Å². The van der Waals surface area contributed by atoms with Gasteiger partial charge in [-0.1, -0.05) is 20.8 Å². The first-order valence-corrected chi connectivity index (χ1v) is 11.9. The number of hydrogen-bond donors (Lipinski definition) is 1. The Balaban J connectivity index is 2.43. The van der Waals surface area contributed by atoms with Gasteiger partial charge in [-0.25, -0.2) is 4.79 Å². The fourth-order valence-corrected chi connectivity index (χ4v) is 4.06. The van der Waals surface area contributed by atoms with Crippen LogP contribution in [0.25, 0.3) is 0 Å². The van der Waals surface area contributed by atoms with Crippen molar-refractivity contribution in [2.45, 2.75) is 70.2 Å². The maximum Gasteiger partial charge on any atom is 0.330 e. The molecule has 3 atom stereocenters. The molecule has 1 N–H and O–H groups in total. The van der Waals surface area contributed by atoms with Crippen molar-refractivity contribution in [1.29, 1.82) is 5.26 Å². The topological polar surface area (TPSA) is 123 Å². The van der Waals surface area contributed by atoms with Crippen LogP contribution in [0.5, 0.6) is 0 Å². The molecule has 1 unspecified atom stereocenters. The quantitative estimate of drug-likeness (QED) is 0.579. The third-order valence-corrected chi connectivity index (χ3v) is 9.85. The maximum atomic E-state index is 12.2. The number of aromatic amines is 1. The predicted octanol–water partition coefficient (Wildman–Crippen LogP) is 1.67. The van der Waals surface area contributed by atoms with E-state index in [9.17, 15) is 19.6 Å². The third-order valence-electron chi connectivity index (χ3n) is 5.37. The van der Waals surface area contributed by atoms with Gasteiger partial charge in [0, 0.05) is 25.6 Å².